The van der Waals surface area contributed by atoms with Crippen molar-refractivity contribution in [2.75, 3.05) is 0 Å². The lowest BCUT2D eigenvalue weighted by Gasteiger charge is -2.18. The first kappa shape index (κ1) is 17.2. The Morgan fingerprint density at radius 1 is 0.556 bits per heavy atom. The molecule has 0 saturated heterocycles. The molecule has 0 aromatic heterocycles. The van der Waals surface area contributed by atoms with Crippen LogP contribution in [0.4, 0.5) is 0 Å². The molecule has 0 amide bonds. The highest BCUT2D eigenvalue weighted by Gasteiger charge is 2.37. The Bertz CT molecular complexity index is 1060. The zero-order chi connectivity index (χ0) is 18.2. The number of rotatable bonds is 2. The van der Waals surface area contributed by atoms with E-state index in [0.717, 1.165) is 4.47 Å². The van der Waals surface area contributed by atoms with Gasteiger partial charge in [0.25, 0.3) is 0 Å². The number of hydrogen-bond acceptors (Lipinski definition) is 1. The summed E-state index contributed by atoms with van der Waals surface area (Å²) in [6.45, 7) is 0. The van der Waals surface area contributed by atoms with Gasteiger partial charge in [0.15, 0.2) is 14.7 Å². The second kappa shape index (κ2) is 7.23. The Kier molecular flexibility index (Phi) is 4.60. The summed E-state index contributed by atoms with van der Waals surface area (Å²) in [7, 11) is -0.0546. The fourth-order valence-electron chi connectivity index (χ4n) is 3.32. The summed E-state index contributed by atoms with van der Waals surface area (Å²) in [4.78, 5) is 6.97. The SMILES string of the molecule is Brc1ccc(-c2ccc([S+]3c4ccccc4Sc4ccccc43)cc2)cc1. The van der Waals surface area contributed by atoms with Crippen LogP contribution in [0.2, 0.25) is 0 Å². The average molecular weight is 448 g/mol. The first-order valence-electron chi connectivity index (χ1n) is 8.76. The second-order valence-electron chi connectivity index (χ2n) is 6.33. The standard InChI is InChI=1S/C24H16BrS2/c25-19-13-9-17(10-14-19)18-11-15-20(16-12-18)27-23-7-3-1-5-21(23)26-22-6-2-4-8-24(22)27/h1-16H/q+1. The van der Waals surface area contributed by atoms with Crippen LogP contribution in [0.15, 0.2) is 126 Å². The predicted octanol–water partition coefficient (Wildman–Crippen LogP) is 7.68. The molecular weight excluding hydrogens is 432 g/mol. The number of halogens is 1. The van der Waals surface area contributed by atoms with Gasteiger partial charge in [-0.3, -0.25) is 0 Å². The molecule has 27 heavy (non-hydrogen) atoms. The normalized spacial score (nSPS) is 13.1. The van der Waals surface area contributed by atoms with E-state index in [1.807, 2.05) is 11.8 Å². The van der Waals surface area contributed by atoms with Crippen LogP contribution in [-0.2, 0) is 10.9 Å². The Morgan fingerprint density at radius 2 is 1.04 bits per heavy atom. The quantitative estimate of drug-likeness (QED) is 0.250. The summed E-state index contributed by atoms with van der Waals surface area (Å²) in [6.07, 6.45) is 0. The maximum atomic E-state index is 3.51. The first-order chi connectivity index (χ1) is 13.3. The predicted molar refractivity (Wildman–Crippen MR) is 119 cm³/mol. The summed E-state index contributed by atoms with van der Waals surface area (Å²) in [5.41, 5.74) is 2.50. The molecule has 5 rings (SSSR count). The summed E-state index contributed by atoms with van der Waals surface area (Å²) < 4.78 is 1.11. The van der Waals surface area contributed by atoms with Gasteiger partial charge >= 0.3 is 0 Å². The van der Waals surface area contributed by atoms with Crippen LogP contribution >= 0.6 is 27.7 Å². The molecule has 0 aliphatic carbocycles. The van der Waals surface area contributed by atoms with E-state index < -0.39 is 0 Å². The highest BCUT2D eigenvalue weighted by atomic mass is 79.9. The fourth-order valence-corrected chi connectivity index (χ4v) is 7.33. The smallest absolute Gasteiger partial charge is 0.0795 e. The van der Waals surface area contributed by atoms with Crippen molar-refractivity contribution in [3.8, 4) is 11.1 Å². The van der Waals surface area contributed by atoms with Gasteiger partial charge in [-0.15, -0.1) is 0 Å². The molecule has 130 valence electrons. The third-order valence-electron chi connectivity index (χ3n) is 4.63. The van der Waals surface area contributed by atoms with Gasteiger partial charge in [0.2, 0.25) is 0 Å². The monoisotopic (exact) mass is 447 g/mol. The summed E-state index contributed by atoms with van der Waals surface area (Å²) in [5.74, 6) is 0. The lowest BCUT2D eigenvalue weighted by atomic mass is 10.1. The van der Waals surface area contributed by atoms with E-state index in [1.165, 1.54) is 35.6 Å². The molecule has 1 aliphatic rings. The second-order valence-corrected chi connectivity index (χ2v) is 10.3. The topological polar surface area (TPSA) is 0 Å². The number of fused-ring (bicyclic) bond motifs is 2. The summed E-state index contributed by atoms with van der Waals surface area (Å²) in [5, 5.41) is 0. The van der Waals surface area contributed by atoms with Gasteiger partial charge in [0.05, 0.1) is 9.79 Å². The Hall–Kier alpha value is -1.94. The third-order valence-corrected chi connectivity index (χ3v) is 8.90. The van der Waals surface area contributed by atoms with Crippen LogP contribution in [0.25, 0.3) is 11.1 Å². The molecule has 0 bridgehead atoms. The molecule has 3 heteroatoms. The first-order valence-corrected chi connectivity index (χ1v) is 11.6. The number of hydrogen-bond donors (Lipinski definition) is 0. The van der Waals surface area contributed by atoms with E-state index in [4.69, 9.17) is 0 Å². The highest BCUT2D eigenvalue weighted by Crippen LogP contribution is 2.48. The largest absolute Gasteiger partial charge is 0.180 e. The van der Waals surface area contributed by atoms with E-state index in [9.17, 15) is 0 Å². The van der Waals surface area contributed by atoms with Crippen LogP contribution in [0.3, 0.4) is 0 Å². The van der Waals surface area contributed by atoms with Crippen molar-refractivity contribution in [1.29, 1.82) is 0 Å². The molecule has 0 N–H and O–H groups in total. The minimum absolute atomic E-state index is 0.0546. The summed E-state index contributed by atoms with van der Waals surface area (Å²) in [6, 6.07) is 35.2. The molecule has 0 saturated carbocycles. The lowest BCUT2D eigenvalue weighted by molar-refractivity contribution is 1.12. The summed E-state index contributed by atoms with van der Waals surface area (Å²) >= 11 is 5.40. The number of benzene rings is 4. The van der Waals surface area contributed by atoms with E-state index in [0.29, 0.717) is 0 Å². The van der Waals surface area contributed by atoms with Crippen LogP contribution in [-0.4, -0.2) is 0 Å². The zero-order valence-electron chi connectivity index (χ0n) is 14.4. The Balaban J connectivity index is 1.59. The van der Waals surface area contributed by atoms with Crippen molar-refractivity contribution in [2.45, 2.75) is 24.5 Å². The lowest BCUT2D eigenvalue weighted by Crippen LogP contribution is -2.10. The minimum atomic E-state index is -0.0546. The van der Waals surface area contributed by atoms with Crippen LogP contribution in [0.1, 0.15) is 0 Å². The van der Waals surface area contributed by atoms with E-state index >= 15 is 0 Å². The maximum absolute atomic E-state index is 3.51. The molecule has 1 heterocycles. The minimum Gasteiger partial charge on any atom is -0.0795 e. The molecule has 1 aliphatic heterocycles. The third kappa shape index (κ3) is 3.25. The van der Waals surface area contributed by atoms with Gasteiger partial charge in [-0.2, -0.15) is 0 Å². The van der Waals surface area contributed by atoms with E-state index in [-0.39, 0.29) is 10.9 Å². The van der Waals surface area contributed by atoms with Crippen molar-refractivity contribution >= 4 is 38.6 Å². The van der Waals surface area contributed by atoms with Gasteiger partial charge in [0.1, 0.15) is 10.9 Å². The molecule has 0 nitrogen and oxygen atoms in total. The molecule has 0 spiro atoms. The molecule has 0 atom stereocenters. The van der Waals surface area contributed by atoms with Crippen LogP contribution in [0, 0.1) is 0 Å². The molecule has 0 radical (unpaired) electrons. The molecule has 4 aromatic rings. The van der Waals surface area contributed by atoms with Crippen molar-refractivity contribution in [1.82, 2.24) is 0 Å². The van der Waals surface area contributed by atoms with E-state index in [1.54, 1.807) is 0 Å². The molecular formula is C24H16BrS2+. The van der Waals surface area contributed by atoms with Gasteiger partial charge in [-0.1, -0.05) is 64.1 Å². The van der Waals surface area contributed by atoms with Crippen LogP contribution in [0.5, 0.6) is 0 Å². The van der Waals surface area contributed by atoms with Gasteiger partial charge in [-0.25, -0.2) is 0 Å². The molecule has 4 aromatic carbocycles. The zero-order valence-corrected chi connectivity index (χ0v) is 17.7. The Labute approximate surface area is 175 Å². The Morgan fingerprint density at radius 3 is 1.59 bits per heavy atom. The fraction of sp³-hybridized carbons (Fsp3) is 0. The van der Waals surface area contributed by atoms with Crippen molar-refractivity contribution in [3.63, 3.8) is 0 Å². The van der Waals surface area contributed by atoms with Gasteiger partial charge < -0.3 is 0 Å². The van der Waals surface area contributed by atoms with Crippen LogP contribution < -0.4 is 0 Å². The molecule has 0 fully saturated rings. The maximum Gasteiger partial charge on any atom is 0.180 e. The van der Waals surface area contributed by atoms with Crippen molar-refractivity contribution < 1.29 is 0 Å². The van der Waals surface area contributed by atoms with E-state index in [2.05, 4.69) is 113 Å². The van der Waals surface area contributed by atoms with Crippen molar-refractivity contribution in [2.24, 2.45) is 0 Å². The van der Waals surface area contributed by atoms with Crippen molar-refractivity contribution in [3.05, 3.63) is 102 Å². The average Bonchev–Trinajstić information content (AvgIpc) is 2.73. The highest BCUT2D eigenvalue weighted by molar-refractivity contribution is 9.10. The molecule has 0 unspecified atom stereocenters. The van der Waals surface area contributed by atoms with Gasteiger partial charge in [0, 0.05) is 4.47 Å². The van der Waals surface area contributed by atoms with Gasteiger partial charge in [-0.05, 0) is 71.8 Å².